The standard InChI is InChI=1S/C32H34F2N2O3/c1-21-26(12-6-14-28(21)33)32(15-17-35(2)20-27(32)31(39)25-11-3-4-13-29(25)34)36-16-7-9-23(19-36)30(38)22-8-5-10-24(37)18-22/h3-6,8,10-14,18,23,27,37H,7,9,15-17,19-20H2,1-2H3/t23?,27-,32-/m0/s1. The van der Waals surface area contributed by atoms with E-state index in [2.05, 4.69) is 9.80 Å². The van der Waals surface area contributed by atoms with Gasteiger partial charge in [-0.05, 0) is 87.8 Å². The summed E-state index contributed by atoms with van der Waals surface area (Å²) in [5.41, 5.74) is 0.738. The second kappa shape index (κ2) is 11.0. The molecule has 2 heterocycles. The fourth-order valence-corrected chi connectivity index (χ4v) is 6.63. The Hall–Kier alpha value is -3.42. The van der Waals surface area contributed by atoms with E-state index < -0.39 is 17.3 Å². The monoisotopic (exact) mass is 532 g/mol. The van der Waals surface area contributed by atoms with Crippen LogP contribution in [0.3, 0.4) is 0 Å². The second-order valence-corrected chi connectivity index (χ2v) is 10.9. The van der Waals surface area contributed by atoms with E-state index in [4.69, 9.17) is 0 Å². The van der Waals surface area contributed by atoms with Gasteiger partial charge in [-0.1, -0.05) is 36.4 Å². The lowest BCUT2D eigenvalue weighted by atomic mass is 9.66. The molecule has 0 spiro atoms. The van der Waals surface area contributed by atoms with Crippen LogP contribution >= 0.6 is 0 Å². The highest BCUT2D eigenvalue weighted by molar-refractivity contribution is 6.00. The first-order valence-electron chi connectivity index (χ1n) is 13.5. The highest BCUT2D eigenvalue weighted by Gasteiger charge is 2.53. The Bertz CT molecular complexity index is 1390. The van der Waals surface area contributed by atoms with E-state index in [-0.39, 0.29) is 34.6 Å². The Kier molecular flexibility index (Phi) is 7.65. The summed E-state index contributed by atoms with van der Waals surface area (Å²) in [7, 11) is 1.94. The maximum absolute atomic E-state index is 15.1. The summed E-state index contributed by atoms with van der Waals surface area (Å²) in [5.74, 6) is -2.30. The number of rotatable bonds is 6. The fourth-order valence-electron chi connectivity index (χ4n) is 6.63. The Morgan fingerprint density at radius 2 is 1.67 bits per heavy atom. The van der Waals surface area contributed by atoms with E-state index in [0.29, 0.717) is 50.1 Å². The SMILES string of the molecule is Cc1c(F)cccc1[C@@]1(N2CCCC(C(=O)c3cccc(O)c3)C2)CCN(C)C[C@H]1C(=O)c1ccccc1F. The number of halogens is 2. The third-order valence-corrected chi connectivity index (χ3v) is 8.62. The number of phenols is 1. The third kappa shape index (κ3) is 5.01. The number of benzene rings is 3. The molecule has 5 rings (SSSR count). The predicted molar refractivity (Wildman–Crippen MR) is 146 cm³/mol. The average Bonchev–Trinajstić information content (AvgIpc) is 2.94. The molecule has 204 valence electrons. The summed E-state index contributed by atoms with van der Waals surface area (Å²) in [6.45, 7) is 3.79. The molecule has 0 aromatic heterocycles. The van der Waals surface area contributed by atoms with Crippen molar-refractivity contribution in [3.05, 3.63) is 101 Å². The van der Waals surface area contributed by atoms with Crippen LogP contribution in [0.4, 0.5) is 8.78 Å². The van der Waals surface area contributed by atoms with Gasteiger partial charge in [-0.2, -0.15) is 0 Å². The molecule has 0 amide bonds. The number of nitrogens with zero attached hydrogens (tertiary/aromatic N) is 2. The largest absolute Gasteiger partial charge is 0.508 e. The van der Waals surface area contributed by atoms with Crippen LogP contribution in [-0.2, 0) is 5.54 Å². The topological polar surface area (TPSA) is 60.9 Å². The van der Waals surface area contributed by atoms with Crippen molar-refractivity contribution in [1.29, 1.82) is 0 Å². The van der Waals surface area contributed by atoms with Gasteiger partial charge in [-0.15, -0.1) is 0 Å². The van der Waals surface area contributed by atoms with Gasteiger partial charge in [-0.25, -0.2) is 8.78 Å². The van der Waals surface area contributed by atoms with Crippen LogP contribution in [0, 0.1) is 30.4 Å². The Balaban J connectivity index is 1.62. The Morgan fingerprint density at radius 3 is 2.44 bits per heavy atom. The van der Waals surface area contributed by atoms with Crippen LogP contribution < -0.4 is 0 Å². The van der Waals surface area contributed by atoms with E-state index in [1.54, 1.807) is 37.3 Å². The lowest BCUT2D eigenvalue weighted by molar-refractivity contribution is -0.0374. The van der Waals surface area contributed by atoms with Crippen LogP contribution in [0.25, 0.3) is 0 Å². The number of hydrogen-bond donors (Lipinski definition) is 1. The maximum atomic E-state index is 15.1. The number of ketones is 2. The number of carbonyl (C=O) groups excluding carboxylic acids is 2. The highest BCUT2D eigenvalue weighted by atomic mass is 19.1. The van der Waals surface area contributed by atoms with E-state index in [0.717, 1.165) is 12.0 Å². The number of carbonyl (C=O) groups is 2. The summed E-state index contributed by atoms with van der Waals surface area (Å²) in [6, 6.07) is 17.4. The third-order valence-electron chi connectivity index (χ3n) is 8.62. The van der Waals surface area contributed by atoms with Gasteiger partial charge in [0.1, 0.15) is 17.4 Å². The summed E-state index contributed by atoms with van der Waals surface area (Å²) in [5, 5.41) is 9.94. The van der Waals surface area contributed by atoms with Crippen LogP contribution in [0.1, 0.15) is 51.1 Å². The van der Waals surface area contributed by atoms with Gasteiger partial charge in [0.2, 0.25) is 0 Å². The number of likely N-dealkylation sites (tertiary alicyclic amines) is 2. The molecule has 1 N–H and O–H groups in total. The van der Waals surface area contributed by atoms with E-state index in [1.165, 1.54) is 30.3 Å². The van der Waals surface area contributed by atoms with Gasteiger partial charge in [-0.3, -0.25) is 14.5 Å². The lowest BCUT2D eigenvalue weighted by Gasteiger charge is -2.55. The molecule has 2 saturated heterocycles. The van der Waals surface area contributed by atoms with Crippen molar-refractivity contribution < 1.29 is 23.5 Å². The van der Waals surface area contributed by atoms with Crippen molar-refractivity contribution in [3.63, 3.8) is 0 Å². The van der Waals surface area contributed by atoms with Crippen LogP contribution in [0.5, 0.6) is 5.75 Å². The van der Waals surface area contributed by atoms with Crippen molar-refractivity contribution in [2.75, 3.05) is 33.2 Å². The van der Waals surface area contributed by atoms with Crippen LogP contribution in [0.2, 0.25) is 0 Å². The van der Waals surface area contributed by atoms with Crippen molar-refractivity contribution >= 4 is 11.6 Å². The van der Waals surface area contributed by atoms with Crippen LogP contribution in [0.15, 0.2) is 66.7 Å². The molecule has 5 nitrogen and oxygen atoms in total. The minimum absolute atomic E-state index is 0.0284. The number of piperidine rings is 2. The smallest absolute Gasteiger partial charge is 0.172 e. The molecule has 1 unspecified atom stereocenters. The highest BCUT2D eigenvalue weighted by Crippen LogP contribution is 2.47. The first-order chi connectivity index (χ1) is 18.7. The van der Waals surface area contributed by atoms with E-state index >= 15 is 4.39 Å². The van der Waals surface area contributed by atoms with Crippen molar-refractivity contribution in [1.82, 2.24) is 9.80 Å². The molecule has 2 aliphatic heterocycles. The molecule has 2 aliphatic rings. The normalized spacial score (nSPS) is 24.4. The predicted octanol–water partition coefficient (Wildman–Crippen LogP) is 5.60. The Labute approximate surface area is 228 Å². The van der Waals surface area contributed by atoms with Gasteiger partial charge >= 0.3 is 0 Å². The molecule has 0 saturated carbocycles. The molecule has 3 atom stereocenters. The molecular weight excluding hydrogens is 498 g/mol. The number of Topliss-reactive ketones (excluding diaryl/α,β-unsaturated/α-hetero) is 2. The fraction of sp³-hybridized carbons (Fsp3) is 0.375. The number of hydrogen-bond acceptors (Lipinski definition) is 5. The summed E-state index contributed by atoms with van der Waals surface area (Å²) in [6.07, 6.45) is 1.93. The van der Waals surface area contributed by atoms with Crippen LogP contribution in [-0.4, -0.2) is 59.7 Å². The van der Waals surface area contributed by atoms with Crippen molar-refractivity contribution in [2.45, 2.75) is 31.7 Å². The first-order valence-corrected chi connectivity index (χ1v) is 13.5. The number of aromatic hydroxyl groups is 1. The molecule has 0 bridgehead atoms. The van der Waals surface area contributed by atoms with Gasteiger partial charge in [0.25, 0.3) is 0 Å². The molecular formula is C32H34F2N2O3. The second-order valence-electron chi connectivity index (χ2n) is 10.9. The van der Waals surface area contributed by atoms with Gasteiger partial charge in [0, 0.05) is 24.6 Å². The average molecular weight is 533 g/mol. The molecule has 39 heavy (non-hydrogen) atoms. The quantitative estimate of drug-likeness (QED) is 0.419. The summed E-state index contributed by atoms with van der Waals surface area (Å²) in [4.78, 5) is 32.0. The zero-order chi connectivity index (χ0) is 27.7. The van der Waals surface area contributed by atoms with E-state index in [1.807, 2.05) is 13.1 Å². The molecule has 2 fully saturated rings. The van der Waals surface area contributed by atoms with Gasteiger partial charge in [0.05, 0.1) is 17.0 Å². The molecule has 7 heteroatoms. The maximum Gasteiger partial charge on any atom is 0.172 e. The summed E-state index contributed by atoms with van der Waals surface area (Å²) >= 11 is 0. The molecule has 3 aromatic carbocycles. The lowest BCUT2D eigenvalue weighted by Crippen LogP contribution is -2.63. The zero-order valence-electron chi connectivity index (χ0n) is 22.4. The number of phenolic OH excluding ortho intramolecular Hbond substituents is 1. The Morgan fingerprint density at radius 1 is 0.923 bits per heavy atom. The summed E-state index contributed by atoms with van der Waals surface area (Å²) < 4.78 is 30.0. The first kappa shape index (κ1) is 27.2. The van der Waals surface area contributed by atoms with Gasteiger partial charge in [0.15, 0.2) is 11.6 Å². The van der Waals surface area contributed by atoms with Crippen molar-refractivity contribution in [3.8, 4) is 5.75 Å². The molecule has 0 aliphatic carbocycles. The molecule has 3 aromatic rings. The minimum Gasteiger partial charge on any atom is -0.508 e. The zero-order valence-corrected chi connectivity index (χ0v) is 22.4. The minimum atomic E-state index is -0.921. The van der Waals surface area contributed by atoms with Gasteiger partial charge < -0.3 is 10.0 Å². The molecule has 0 radical (unpaired) electrons. The van der Waals surface area contributed by atoms with Crippen molar-refractivity contribution in [2.24, 2.45) is 11.8 Å². The van der Waals surface area contributed by atoms with E-state index in [9.17, 15) is 19.1 Å².